The first-order valence-electron chi connectivity index (χ1n) is 4.64. The maximum absolute atomic E-state index is 11.9. The van der Waals surface area contributed by atoms with Gasteiger partial charge in [-0.15, -0.1) is 11.3 Å². The molecule has 2 heterocycles. The number of nitrogens with zero attached hydrogens (tertiary/aromatic N) is 3. The summed E-state index contributed by atoms with van der Waals surface area (Å²) in [6, 6.07) is 3.93. The Morgan fingerprint density at radius 2 is 2.44 bits per heavy atom. The van der Waals surface area contributed by atoms with Crippen LogP contribution >= 0.6 is 23.1 Å². The molecule has 0 bridgehead atoms. The SMILES string of the molecule is C[C@H](C#N)Sc1nc2ccsc2c(=O)n1C. The molecule has 0 spiro atoms. The maximum atomic E-state index is 11.9. The Balaban J connectivity index is 2.58. The van der Waals surface area contributed by atoms with Crippen molar-refractivity contribution in [1.29, 1.82) is 5.26 Å². The van der Waals surface area contributed by atoms with Gasteiger partial charge in [0.2, 0.25) is 0 Å². The molecule has 0 saturated carbocycles. The van der Waals surface area contributed by atoms with Crippen molar-refractivity contribution in [2.45, 2.75) is 17.3 Å². The second kappa shape index (κ2) is 4.28. The predicted molar refractivity (Wildman–Crippen MR) is 65.8 cm³/mol. The van der Waals surface area contributed by atoms with Crippen LogP contribution in [-0.2, 0) is 7.05 Å². The fourth-order valence-corrected chi connectivity index (χ4v) is 2.82. The number of thioether (sulfide) groups is 1. The van der Waals surface area contributed by atoms with E-state index in [9.17, 15) is 4.79 Å². The topological polar surface area (TPSA) is 58.7 Å². The lowest BCUT2D eigenvalue weighted by molar-refractivity contribution is 0.727. The molecule has 0 radical (unpaired) electrons. The molecule has 1 atom stereocenters. The van der Waals surface area contributed by atoms with Gasteiger partial charge in [0.25, 0.3) is 5.56 Å². The van der Waals surface area contributed by atoms with Crippen molar-refractivity contribution in [2.75, 3.05) is 0 Å². The van der Waals surface area contributed by atoms with Crippen LogP contribution in [0, 0.1) is 11.3 Å². The Bertz CT molecular complexity index is 623. The zero-order chi connectivity index (χ0) is 11.7. The van der Waals surface area contributed by atoms with E-state index in [-0.39, 0.29) is 10.8 Å². The van der Waals surface area contributed by atoms with Crippen molar-refractivity contribution in [1.82, 2.24) is 9.55 Å². The molecular formula is C10H9N3OS2. The van der Waals surface area contributed by atoms with E-state index >= 15 is 0 Å². The first kappa shape index (κ1) is 11.2. The smallest absolute Gasteiger partial charge is 0.271 e. The molecule has 0 aliphatic rings. The Hall–Kier alpha value is -1.32. The highest BCUT2D eigenvalue weighted by Crippen LogP contribution is 2.22. The van der Waals surface area contributed by atoms with Crippen molar-refractivity contribution in [3.05, 3.63) is 21.8 Å². The summed E-state index contributed by atoms with van der Waals surface area (Å²) < 4.78 is 2.16. The molecule has 82 valence electrons. The summed E-state index contributed by atoms with van der Waals surface area (Å²) in [5.41, 5.74) is 0.661. The van der Waals surface area contributed by atoms with Crippen LogP contribution in [0.1, 0.15) is 6.92 Å². The molecule has 2 aromatic rings. The van der Waals surface area contributed by atoms with Crippen LogP contribution in [0.25, 0.3) is 10.2 Å². The molecule has 0 amide bonds. The van der Waals surface area contributed by atoms with Gasteiger partial charge in [0.15, 0.2) is 5.16 Å². The highest BCUT2D eigenvalue weighted by Gasteiger charge is 2.12. The van der Waals surface area contributed by atoms with E-state index in [1.807, 2.05) is 11.4 Å². The van der Waals surface area contributed by atoms with E-state index in [1.54, 1.807) is 14.0 Å². The highest BCUT2D eigenvalue weighted by atomic mass is 32.2. The van der Waals surface area contributed by atoms with E-state index in [1.165, 1.54) is 27.7 Å². The first-order valence-corrected chi connectivity index (χ1v) is 6.40. The van der Waals surface area contributed by atoms with E-state index in [4.69, 9.17) is 5.26 Å². The van der Waals surface area contributed by atoms with Crippen molar-refractivity contribution in [3.63, 3.8) is 0 Å². The minimum Gasteiger partial charge on any atom is -0.289 e. The van der Waals surface area contributed by atoms with Gasteiger partial charge in [0.1, 0.15) is 4.70 Å². The summed E-state index contributed by atoms with van der Waals surface area (Å²) >= 11 is 2.69. The number of hydrogen-bond donors (Lipinski definition) is 0. The molecule has 4 nitrogen and oxygen atoms in total. The normalized spacial score (nSPS) is 12.6. The summed E-state index contributed by atoms with van der Waals surface area (Å²) in [5, 5.41) is 11.0. The van der Waals surface area contributed by atoms with Crippen LogP contribution < -0.4 is 5.56 Å². The molecule has 2 rings (SSSR count). The molecule has 0 N–H and O–H groups in total. The Morgan fingerprint density at radius 1 is 1.69 bits per heavy atom. The number of fused-ring (bicyclic) bond motifs is 1. The number of rotatable bonds is 2. The van der Waals surface area contributed by atoms with Gasteiger partial charge in [-0.2, -0.15) is 5.26 Å². The average molecular weight is 251 g/mol. The molecule has 16 heavy (non-hydrogen) atoms. The molecule has 0 aliphatic heterocycles. The first-order chi connectivity index (χ1) is 7.63. The fraction of sp³-hybridized carbons (Fsp3) is 0.300. The van der Waals surface area contributed by atoms with Gasteiger partial charge in [-0.05, 0) is 18.4 Å². The van der Waals surface area contributed by atoms with Gasteiger partial charge in [-0.25, -0.2) is 4.98 Å². The minimum absolute atomic E-state index is 0.0485. The predicted octanol–water partition coefficient (Wildman–Crippen LogP) is 2.00. The number of nitriles is 1. The lowest BCUT2D eigenvalue weighted by Crippen LogP contribution is -2.19. The van der Waals surface area contributed by atoms with Gasteiger partial charge in [-0.1, -0.05) is 11.8 Å². The van der Waals surface area contributed by atoms with E-state index in [2.05, 4.69) is 11.1 Å². The minimum atomic E-state index is -0.214. The third-order valence-corrected chi connectivity index (χ3v) is 4.04. The molecule has 2 aromatic heterocycles. The van der Waals surface area contributed by atoms with Crippen molar-refractivity contribution >= 4 is 33.3 Å². The van der Waals surface area contributed by atoms with Crippen molar-refractivity contribution in [3.8, 4) is 6.07 Å². The average Bonchev–Trinajstić information content (AvgIpc) is 2.73. The summed E-state index contributed by atoms with van der Waals surface area (Å²) in [7, 11) is 1.68. The van der Waals surface area contributed by atoms with Gasteiger partial charge in [0.05, 0.1) is 16.8 Å². The lowest BCUT2D eigenvalue weighted by Gasteiger charge is -2.07. The van der Waals surface area contributed by atoms with Gasteiger partial charge in [-0.3, -0.25) is 9.36 Å². The molecule has 0 saturated heterocycles. The molecule has 0 aromatic carbocycles. The third-order valence-electron chi connectivity index (χ3n) is 2.11. The van der Waals surface area contributed by atoms with E-state index in [0.717, 1.165) is 0 Å². The van der Waals surface area contributed by atoms with Crippen LogP contribution in [0.5, 0.6) is 0 Å². The monoisotopic (exact) mass is 251 g/mol. The molecule has 0 unspecified atom stereocenters. The van der Waals surface area contributed by atoms with Gasteiger partial charge in [0, 0.05) is 7.05 Å². The summed E-state index contributed by atoms with van der Waals surface area (Å²) in [6.07, 6.45) is 0. The van der Waals surface area contributed by atoms with Gasteiger partial charge >= 0.3 is 0 Å². The Kier molecular flexibility index (Phi) is 2.99. The second-order valence-corrected chi connectivity index (χ2v) is 5.51. The van der Waals surface area contributed by atoms with Crippen LogP contribution in [0.4, 0.5) is 0 Å². The highest BCUT2D eigenvalue weighted by molar-refractivity contribution is 8.00. The quantitative estimate of drug-likeness (QED) is 0.605. The maximum Gasteiger partial charge on any atom is 0.271 e. The van der Waals surface area contributed by atoms with Crippen LogP contribution in [0.2, 0.25) is 0 Å². The summed E-state index contributed by atoms with van der Waals surface area (Å²) in [4.78, 5) is 16.3. The Labute approximate surface area is 101 Å². The number of hydrogen-bond acceptors (Lipinski definition) is 5. The fourth-order valence-electron chi connectivity index (χ4n) is 1.26. The standard InChI is InChI=1S/C10H9N3OS2/c1-6(5-11)16-10-12-7-3-4-15-8(7)9(14)13(10)2/h3-4,6H,1-2H3/t6-/m1/s1. The van der Waals surface area contributed by atoms with Crippen LogP contribution in [0.3, 0.4) is 0 Å². The number of aromatic nitrogens is 2. The zero-order valence-corrected chi connectivity index (χ0v) is 10.4. The second-order valence-electron chi connectivity index (χ2n) is 3.28. The molecule has 0 aliphatic carbocycles. The van der Waals surface area contributed by atoms with Crippen molar-refractivity contribution < 1.29 is 0 Å². The van der Waals surface area contributed by atoms with E-state index in [0.29, 0.717) is 15.4 Å². The van der Waals surface area contributed by atoms with Crippen LogP contribution in [0.15, 0.2) is 21.4 Å². The Morgan fingerprint density at radius 3 is 3.12 bits per heavy atom. The zero-order valence-electron chi connectivity index (χ0n) is 8.80. The molecular weight excluding hydrogens is 242 g/mol. The molecule has 6 heteroatoms. The number of thiophene rings is 1. The van der Waals surface area contributed by atoms with Crippen LogP contribution in [-0.4, -0.2) is 14.8 Å². The third kappa shape index (κ3) is 1.84. The van der Waals surface area contributed by atoms with E-state index < -0.39 is 0 Å². The molecule has 0 fully saturated rings. The lowest BCUT2D eigenvalue weighted by atomic mass is 10.5. The van der Waals surface area contributed by atoms with Gasteiger partial charge < -0.3 is 0 Å². The largest absolute Gasteiger partial charge is 0.289 e. The summed E-state index contributed by atoms with van der Waals surface area (Å²) in [5.74, 6) is 0. The van der Waals surface area contributed by atoms with Crippen molar-refractivity contribution in [2.24, 2.45) is 7.05 Å². The summed E-state index contributed by atoms with van der Waals surface area (Å²) in [6.45, 7) is 1.79.